The molecule has 0 fully saturated rings. The Morgan fingerprint density at radius 2 is 1.56 bits per heavy atom. The highest BCUT2D eigenvalue weighted by atomic mass is 16.5. The summed E-state index contributed by atoms with van der Waals surface area (Å²) in [6, 6.07) is 28.9. The molecule has 43 heavy (non-hydrogen) atoms. The highest BCUT2D eigenvalue weighted by Crippen LogP contribution is 2.44. The molecule has 4 N–H and O–H groups in total. The van der Waals surface area contributed by atoms with Gasteiger partial charge in [-0.1, -0.05) is 85.8 Å². The lowest BCUT2D eigenvalue weighted by molar-refractivity contribution is -0.139. The maximum absolute atomic E-state index is 12.8. The third kappa shape index (κ3) is 7.07. The van der Waals surface area contributed by atoms with E-state index in [1.807, 2.05) is 66.7 Å². The molecule has 5 rings (SSSR count). The highest BCUT2D eigenvalue weighted by Gasteiger charge is 2.29. The van der Waals surface area contributed by atoms with Gasteiger partial charge in [-0.15, -0.1) is 0 Å². The summed E-state index contributed by atoms with van der Waals surface area (Å²) in [5.41, 5.74) is 14.1. The summed E-state index contributed by atoms with van der Waals surface area (Å²) in [7, 11) is 0. The molecule has 4 aromatic rings. The minimum absolute atomic E-state index is 0.0984. The number of alkyl carbamates (subject to hydrolysis) is 1. The molecule has 222 valence electrons. The van der Waals surface area contributed by atoms with Crippen LogP contribution < -0.4 is 15.8 Å². The molecule has 4 aromatic carbocycles. The molecule has 0 radical (unpaired) electrons. The number of carboxylic acids is 1. The van der Waals surface area contributed by atoms with Crippen LogP contribution in [-0.2, 0) is 22.4 Å². The molecule has 0 saturated heterocycles. The fourth-order valence-electron chi connectivity index (χ4n) is 5.71. The number of carboxylic acid groups (broad SMARTS) is 1. The summed E-state index contributed by atoms with van der Waals surface area (Å²) in [6.07, 6.45) is 2.10. The lowest BCUT2D eigenvalue weighted by atomic mass is 9.96. The van der Waals surface area contributed by atoms with E-state index in [-0.39, 0.29) is 18.9 Å². The van der Waals surface area contributed by atoms with Gasteiger partial charge >= 0.3 is 12.1 Å². The van der Waals surface area contributed by atoms with Crippen molar-refractivity contribution in [1.29, 1.82) is 0 Å². The van der Waals surface area contributed by atoms with Crippen molar-refractivity contribution in [3.8, 4) is 28.0 Å². The molecule has 0 aromatic heterocycles. The van der Waals surface area contributed by atoms with E-state index in [0.29, 0.717) is 13.2 Å². The molecule has 1 aliphatic carbocycles. The first-order valence-electron chi connectivity index (χ1n) is 14.9. The van der Waals surface area contributed by atoms with Crippen LogP contribution in [0.25, 0.3) is 22.3 Å². The van der Waals surface area contributed by atoms with Crippen LogP contribution in [0.1, 0.15) is 47.9 Å². The number of fused-ring (bicyclic) bond motifs is 3. The molecule has 0 aliphatic heterocycles. The van der Waals surface area contributed by atoms with E-state index in [1.54, 1.807) is 0 Å². The van der Waals surface area contributed by atoms with E-state index in [0.717, 1.165) is 64.0 Å². The molecular formula is C36H38N2O5. The minimum atomic E-state index is -1.12. The van der Waals surface area contributed by atoms with Crippen molar-refractivity contribution in [3.05, 3.63) is 113 Å². The topological polar surface area (TPSA) is 111 Å². The van der Waals surface area contributed by atoms with Crippen LogP contribution in [0.2, 0.25) is 0 Å². The number of hydrogen-bond acceptors (Lipinski definition) is 5. The Morgan fingerprint density at radius 1 is 0.884 bits per heavy atom. The predicted octanol–water partition coefficient (Wildman–Crippen LogP) is 6.57. The van der Waals surface area contributed by atoms with Crippen LogP contribution in [0.15, 0.2) is 91.0 Å². The summed E-state index contributed by atoms with van der Waals surface area (Å²) >= 11 is 0. The van der Waals surface area contributed by atoms with Crippen LogP contribution in [0, 0.1) is 0 Å². The summed E-state index contributed by atoms with van der Waals surface area (Å²) in [4.78, 5) is 24.8. The summed E-state index contributed by atoms with van der Waals surface area (Å²) in [5.74, 6) is -0.371. The van der Waals surface area contributed by atoms with Gasteiger partial charge in [0.2, 0.25) is 0 Å². The van der Waals surface area contributed by atoms with Crippen molar-refractivity contribution in [2.45, 2.75) is 44.6 Å². The first-order valence-corrected chi connectivity index (χ1v) is 14.9. The average Bonchev–Trinajstić information content (AvgIpc) is 3.35. The SMILES string of the molecule is CCc1cc(OCCCCN)ccc1-c1ccc(CC(NC(=O)OCC2c3ccccc3-c3ccccc32)C(=O)O)cc1. The molecule has 1 amide bonds. The molecule has 0 bridgehead atoms. The predicted molar refractivity (Wildman–Crippen MR) is 168 cm³/mol. The molecular weight excluding hydrogens is 540 g/mol. The Hall–Kier alpha value is -4.62. The number of aryl methyl sites for hydroxylation is 1. The van der Waals surface area contributed by atoms with Crippen molar-refractivity contribution in [3.63, 3.8) is 0 Å². The maximum atomic E-state index is 12.8. The molecule has 1 unspecified atom stereocenters. The number of rotatable bonds is 13. The lowest BCUT2D eigenvalue weighted by Gasteiger charge is -2.18. The van der Waals surface area contributed by atoms with Crippen molar-refractivity contribution in [2.24, 2.45) is 5.73 Å². The number of hydrogen-bond donors (Lipinski definition) is 3. The quantitative estimate of drug-likeness (QED) is 0.155. The van der Waals surface area contributed by atoms with Gasteiger partial charge in [0.1, 0.15) is 18.4 Å². The number of aliphatic carboxylic acids is 1. The van der Waals surface area contributed by atoms with E-state index in [1.165, 1.54) is 5.56 Å². The van der Waals surface area contributed by atoms with Crippen molar-refractivity contribution < 1.29 is 24.2 Å². The van der Waals surface area contributed by atoms with Gasteiger partial charge in [-0.3, -0.25) is 0 Å². The smallest absolute Gasteiger partial charge is 0.407 e. The highest BCUT2D eigenvalue weighted by molar-refractivity contribution is 5.81. The van der Waals surface area contributed by atoms with Gasteiger partial charge in [0.25, 0.3) is 0 Å². The van der Waals surface area contributed by atoms with Gasteiger partial charge in [-0.2, -0.15) is 0 Å². The van der Waals surface area contributed by atoms with E-state index in [2.05, 4.69) is 36.5 Å². The molecule has 7 heteroatoms. The zero-order valence-electron chi connectivity index (χ0n) is 24.4. The number of carbonyl (C=O) groups excluding carboxylic acids is 1. The fourth-order valence-corrected chi connectivity index (χ4v) is 5.71. The van der Waals surface area contributed by atoms with Gasteiger partial charge in [-0.25, -0.2) is 9.59 Å². The Kier molecular flexibility index (Phi) is 9.74. The van der Waals surface area contributed by atoms with Crippen LogP contribution in [-0.4, -0.2) is 43.0 Å². The molecule has 1 aliphatic rings. The molecule has 7 nitrogen and oxygen atoms in total. The minimum Gasteiger partial charge on any atom is -0.494 e. The third-order valence-corrected chi connectivity index (χ3v) is 7.96. The number of nitrogens with one attached hydrogen (secondary N) is 1. The fraction of sp³-hybridized carbons (Fsp3) is 0.278. The van der Waals surface area contributed by atoms with Crippen LogP contribution in [0.3, 0.4) is 0 Å². The number of ether oxygens (including phenoxy) is 2. The monoisotopic (exact) mass is 578 g/mol. The van der Waals surface area contributed by atoms with E-state index < -0.39 is 18.1 Å². The molecule has 1 atom stereocenters. The Morgan fingerprint density at radius 3 is 2.19 bits per heavy atom. The Balaban J connectivity index is 1.20. The normalized spacial score (nSPS) is 12.7. The van der Waals surface area contributed by atoms with Gasteiger partial charge in [0.15, 0.2) is 0 Å². The number of carbonyl (C=O) groups is 2. The Labute approximate surface area is 252 Å². The van der Waals surface area contributed by atoms with Gasteiger partial charge in [-0.05, 0) is 82.4 Å². The summed E-state index contributed by atoms with van der Waals surface area (Å²) in [5, 5.41) is 12.4. The first kappa shape index (κ1) is 29.9. The van der Waals surface area contributed by atoms with Gasteiger partial charge in [0, 0.05) is 12.3 Å². The number of amides is 1. The standard InChI is InChI=1S/C36H38N2O5/c1-2-25-22-27(42-20-8-7-19-37)17-18-28(25)26-15-13-24(14-16-26)21-34(35(39)40)38-36(41)43-23-33-31-11-5-3-9-29(31)30-10-4-6-12-32(30)33/h3-6,9-18,22,33-34H,2,7-8,19-21,23,37H2,1H3,(H,38,41)(H,39,40). The van der Waals surface area contributed by atoms with Crippen LogP contribution in [0.5, 0.6) is 5.75 Å². The zero-order chi connectivity index (χ0) is 30.2. The zero-order valence-corrected chi connectivity index (χ0v) is 24.4. The van der Waals surface area contributed by atoms with Crippen LogP contribution in [0.4, 0.5) is 4.79 Å². The van der Waals surface area contributed by atoms with Gasteiger partial charge < -0.3 is 25.6 Å². The van der Waals surface area contributed by atoms with Crippen molar-refractivity contribution in [1.82, 2.24) is 5.32 Å². The molecule has 0 heterocycles. The second kappa shape index (κ2) is 14.0. The van der Waals surface area contributed by atoms with Crippen molar-refractivity contribution in [2.75, 3.05) is 19.8 Å². The van der Waals surface area contributed by atoms with E-state index >= 15 is 0 Å². The number of benzene rings is 4. The summed E-state index contributed by atoms with van der Waals surface area (Å²) < 4.78 is 11.5. The van der Waals surface area contributed by atoms with Gasteiger partial charge in [0.05, 0.1) is 6.61 Å². The first-order chi connectivity index (χ1) is 21.0. The second-order valence-corrected chi connectivity index (χ2v) is 10.8. The third-order valence-electron chi connectivity index (χ3n) is 7.96. The molecule has 0 spiro atoms. The summed E-state index contributed by atoms with van der Waals surface area (Å²) in [6.45, 7) is 3.54. The lowest BCUT2D eigenvalue weighted by Crippen LogP contribution is -2.42. The number of unbranched alkanes of at least 4 members (excludes halogenated alkanes) is 1. The largest absolute Gasteiger partial charge is 0.494 e. The van der Waals surface area contributed by atoms with Crippen molar-refractivity contribution >= 4 is 12.1 Å². The van der Waals surface area contributed by atoms with Crippen LogP contribution >= 0.6 is 0 Å². The number of nitrogens with two attached hydrogens (primary N) is 1. The molecule has 0 saturated carbocycles. The second-order valence-electron chi connectivity index (χ2n) is 10.8. The van der Waals surface area contributed by atoms with E-state index in [9.17, 15) is 14.7 Å². The average molecular weight is 579 g/mol. The maximum Gasteiger partial charge on any atom is 0.407 e. The van der Waals surface area contributed by atoms with E-state index in [4.69, 9.17) is 15.2 Å². The Bertz CT molecular complexity index is 1520.